The highest BCUT2D eigenvalue weighted by Gasteiger charge is 2.44. The molecule has 0 spiro atoms. The lowest BCUT2D eigenvalue weighted by atomic mass is 10.1. The Morgan fingerprint density at radius 3 is 2.63 bits per heavy atom. The maximum absolute atomic E-state index is 12.0. The molecule has 0 radical (unpaired) electrons. The molecule has 1 fully saturated rings. The molecule has 1 heterocycles. The first-order chi connectivity index (χ1) is 9.13. The molecule has 1 aromatic carbocycles. The van der Waals surface area contributed by atoms with Gasteiger partial charge in [-0.3, -0.25) is 14.4 Å². The van der Waals surface area contributed by atoms with Gasteiger partial charge in [-0.25, -0.2) is 0 Å². The van der Waals surface area contributed by atoms with Gasteiger partial charge in [0.2, 0.25) is 5.91 Å². The van der Waals surface area contributed by atoms with E-state index in [2.05, 4.69) is 0 Å². The van der Waals surface area contributed by atoms with Gasteiger partial charge in [0.25, 0.3) is 0 Å². The number of ketones is 1. The first-order valence-corrected chi connectivity index (χ1v) is 6.15. The molecule has 1 atom stereocenters. The van der Waals surface area contributed by atoms with E-state index in [1.54, 1.807) is 6.92 Å². The van der Waals surface area contributed by atoms with Crippen molar-refractivity contribution in [1.82, 2.24) is 4.90 Å². The highest BCUT2D eigenvalue weighted by molar-refractivity contribution is 6.21. The molecule has 5 heteroatoms. The second kappa shape index (κ2) is 5.65. The molecular weight excluding hydrogens is 246 g/mol. The number of benzene rings is 1. The fourth-order valence-electron chi connectivity index (χ4n) is 2.07. The van der Waals surface area contributed by atoms with Gasteiger partial charge in [-0.05, 0) is 12.5 Å². The fourth-order valence-corrected chi connectivity index (χ4v) is 2.07. The molecule has 1 saturated heterocycles. The Bertz CT molecular complexity index is 497. The Morgan fingerprint density at radius 2 is 2.00 bits per heavy atom. The minimum Gasteiger partial charge on any atom is -0.465 e. The summed E-state index contributed by atoms with van der Waals surface area (Å²) in [6.07, 6.45) is 0. The topological polar surface area (TPSA) is 63.7 Å². The summed E-state index contributed by atoms with van der Waals surface area (Å²) in [5, 5.41) is 0. The van der Waals surface area contributed by atoms with Gasteiger partial charge < -0.3 is 9.64 Å². The first-order valence-electron chi connectivity index (χ1n) is 6.15. The monoisotopic (exact) mass is 261 g/mol. The number of hydrogen-bond acceptors (Lipinski definition) is 4. The van der Waals surface area contributed by atoms with Gasteiger partial charge in [-0.2, -0.15) is 0 Å². The van der Waals surface area contributed by atoms with Crippen LogP contribution in [0.1, 0.15) is 12.5 Å². The lowest BCUT2D eigenvalue weighted by Gasteiger charge is -2.15. The van der Waals surface area contributed by atoms with Crippen molar-refractivity contribution in [2.45, 2.75) is 13.5 Å². The number of carbonyl (C=O) groups is 3. The third-order valence-electron chi connectivity index (χ3n) is 2.97. The summed E-state index contributed by atoms with van der Waals surface area (Å²) in [7, 11) is 0. The van der Waals surface area contributed by atoms with Gasteiger partial charge in [-0.15, -0.1) is 0 Å². The van der Waals surface area contributed by atoms with Crippen LogP contribution in [0.2, 0.25) is 0 Å². The molecule has 0 saturated carbocycles. The minimum atomic E-state index is -1.27. The van der Waals surface area contributed by atoms with Crippen LogP contribution < -0.4 is 0 Å². The van der Waals surface area contributed by atoms with Crippen molar-refractivity contribution in [1.29, 1.82) is 0 Å². The van der Waals surface area contributed by atoms with E-state index >= 15 is 0 Å². The largest absolute Gasteiger partial charge is 0.465 e. The smallest absolute Gasteiger partial charge is 0.326 e. The van der Waals surface area contributed by atoms with Crippen LogP contribution in [0.25, 0.3) is 0 Å². The quantitative estimate of drug-likeness (QED) is 0.593. The summed E-state index contributed by atoms with van der Waals surface area (Å²) in [4.78, 5) is 36.7. The van der Waals surface area contributed by atoms with Crippen LogP contribution in [0.15, 0.2) is 30.3 Å². The predicted octanol–water partition coefficient (Wildman–Crippen LogP) is 0.777. The normalized spacial score (nSPS) is 18.8. The molecule has 0 aromatic heterocycles. The molecule has 1 aromatic rings. The number of amides is 1. The SMILES string of the molecule is CCOC(=O)[C@H]1C(=O)CN(Cc2ccccc2)C1=O. The standard InChI is InChI=1S/C14H15NO4/c1-2-19-14(18)12-11(16)9-15(13(12)17)8-10-6-4-3-5-7-10/h3-7,12H,2,8-9H2,1H3/t12-/m0/s1. The minimum absolute atomic E-state index is 0.0305. The molecule has 1 aliphatic heterocycles. The molecular formula is C14H15NO4. The summed E-state index contributed by atoms with van der Waals surface area (Å²) in [5.74, 6) is -2.87. The molecule has 100 valence electrons. The van der Waals surface area contributed by atoms with E-state index in [0.29, 0.717) is 6.54 Å². The van der Waals surface area contributed by atoms with Gasteiger partial charge in [-0.1, -0.05) is 30.3 Å². The van der Waals surface area contributed by atoms with E-state index in [-0.39, 0.29) is 18.9 Å². The zero-order chi connectivity index (χ0) is 13.8. The van der Waals surface area contributed by atoms with Crippen LogP contribution in [0, 0.1) is 5.92 Å². The maximum atomic E-state index is 12.0. The second-order valence-corrected chi connectivity index (χ2v) is 4.33. The van der Waals surface area contributed by atoms with Crippen LogP contribution >= 0.6 is 0 Å². The number of likely N-dealkylation sites (tertiary alicyclic amines) is 1. The van der Waals surface area contributed by atoms with Crippen LogP contribution in [-0.4, -0.2) is 35.7 Å². The van der Waals surface area contributed by atoms with Crippen LogP contribution in [0.5, 0.6) is 0 Å². The number of hydrogen-bond donors (Lipinski definition) is 0. The number of rotatable bonds is 4. The van der Waals surface area contributed by atoms with Crippen LogP contribution in [0.4, 0.5) is 0 Å². The first kappa shape index (κ1) is 13.3. The molecule has 2 rings (SSSR count). The van der Waals surface area contributed by atoms with Crippen molar-refractivity contribution >= 4 is 17.7 Å². The Kier molecular flexibility index (Phi) is 3.94. The molecule has 19 heavy (non-hydrogen) atoms. The Balaban J connectivity index is 2.08. The molecule has 0 bridgehead atoms. The second-order valence-electron chi connectivity index (χ2n) is 4.33. The van der Waals surface area contributed by atoms with Crippen molar-refractivity contribution in [3.63, 3.8) is 0 Å². The van der Waals surface area contributed by atoms with E-state index in [9.17, 15) is 14.4 Å². The lowest BCUT2D eigenvalue weighted by molar-refractivity contribution is -0.154. The summed E-state index contributed by atoms with van der Waals surface area (Å²) in [6, 6.07) is 9.34. The third kappa shape index (κ3) is 2.81. The number of nitrogens with zero attached hydrogens (tertiary/aromatic N) is 1. The predicted molar refractivity (Wildman–Crippen MR) is 67.0 cm³/mol. The van der Waals surface area contributed by atoms with Crippen molar-refractivity contribution in [3.05, 3.63) is 35.9 Å². The summed E-state index contributed by atoms with van der Waals surface area (Å²) >= 11 is 0. The van der Waals surface area contributed by atoms with Crippen molar-refractivity contribution < 1.29 is 19.1 Å². The van der Waals surface area contributed by atoms with E-state index < -0.39 is 17.8 Å². The molecule has 1 amide bonds. The van der Waals surface area contributed by atoms with E-state index in [1.807, 2.05) is 30.3 Å². The summed E-state index contributed by atoms with van der Waals surface area (Å²) in [6.45, 7) is 2.11. The van der Waals surface area contributed by atoms with E-state index in [0.717, 1.165) is 5.56 Å². The van der Waals surface area contributed by atoms with Gasteiger partial charge in [0.05, 0.1) is 13.2 Å². The van der Waals surface area contributed by atoms with Gasteiger partial charge >= 0.3 is 5.97 Å². The summed E-state index contributed by atoms with van der Waals surface area (Å²) < 4.78 is 4.76. The zero-order valence-electron chi connectivity index (χ0n) is 10.7. The highest BCUT2D eigenvalue weighted by atomic mass is 16.5. The molecule has 0 aliphatic carbocycles. The Labute approximate surface area is 111 Å². The molecule has 0 unspecified atom stereocenters. The van der Waals surface area contributed by atoms with Crippen molar-refractivity contribution in [2.75, 3.05) is 13.2 Å². The molecule has 5 nitrogen and oxygen atoms in total. The van der Waals surface area contributed by atoms with Gasteiger partial charge in [0.1, 0.15) is 0 Å². The lowest BCUT2D eigenvalue weighted by Crippen LogP contribution is -2.31. The number of esters is 1. The average Bonchev–Trinajstić information content (AvgIpc) is 2.66. The van der Waals surface area contributed by atoms with Gasteiger partial charge in [0, 0.05) is 6.54 Å². The zero-order valence-corrected chi connectivity index (χ0v) is 10.7. The number of Topliss-reactive ketones (excluding diaryl/α,β-unsaturated/α-hetero) is 1. The summed E-state index contributed by atoms with van der Waals surface area (Å²) in [5.41, 5.74) is 0.924. The Hall–Kier alpha value is -2.17. The highest BCUT2D eigenvalue weighted by Crippen LogP contribution is 2.19. The molecule has 1 aliphatic rings. The number of carbonyl (C=O) groups excluding carboxylic acids is 3. The van der Waals surface area contributed by atoms with Gasteiger partial charge in [0.15, 0.2) is 11.7 Å². The van der Waals surface area contributed by atoms with Crippen LogP contribution in [-0.2, 0) is 25.7 Å². The van der Waals surface area contributed by atoms with Crippen molar-refractivity contribution in [2.24, 2.45) is 5.92 Å². The van der Waals surface area contributed by atoms with E-state index in [1.165, 1.54) is 4.90 Å². The van der Waals surface area contributed by atoms with Crippen molar-refractivity contribution in [3.8, 4) is 0 Å². The fraction of sp³-hybridized carbons (Fsp3) is 0.357. The molecule has 0 N–H and O–H groups in total. The van der Waals surface area contributed by atoms with E-state index in [4.69, 9.17) is 4.74 Å². The number of ether oxygens (including phenoxy) is 1. The third-order valence-corrected chi connectivity index (χ3v) is 2.97. The Morgan fingerprint density at radius 1 is 1.32 bits per heavy atom. The maximum Gasteiger partial charge on any atom is 0.326 e. The average molecular weight is 261 g/mol. The van der Waals surface area contributed by atoms with Crippen LogP contribution in [0.3, 0.4) is 0 Å².